The zero-order valence-corrected chi connectivity index (χ0v) is 18.9. The molecule has 1 aliphatic heterocycles. The Morgan fingerprint density at radius 1 is 0.909 bits per heavy atom. The van der Waals surface area contributed by atoms with E-state index in [1.165, 1.54) is 17.7 Å². The molecule has 1 aliphatic rings. The summed E-state index contributed by atoms with van der Waals surface area (Å²) in [6, 6.07) is 9.29. The van der Waals surface area contributed by atoms with E-state index in [0.717, 1.165) is 54.8 Å². The number of aliphatic carboxylic acids is 2. The summed E-state index contributed by atoms with van der Waals surface area (Å²) in [6.45, 7) is 5.71. The summed E-state index contributed by atoms with van der Waals surface area (Å²) in [5.74, 6) is -2.88. The van der Waals surface area contributed by atoms with Crippen LogP contribution in [0.1, 0.15) is 22.8 Å². The normalized spacial score (nSPS) is 13.7. The van der Waals surface area contributed by atoms with E-state index >= 15 is 0 Å². The van der Waals surface area contributed by atoms with Crippen molar-refractivity contribution < 1.29 is 24.6 Å². The van der Waals surface area contributed by atoms with E-state index in [0.29, 0.717) is 5.82 Å². The Morgan fingerprint density at radius 2 is 1.48 bits per heavy atom. The fourth-order valence-electron chi connectivity index (χ4n) is 3.59. The van der Waals surface area contributed by atoms with Gasteiger partial charge in [-0.05, 0) is 18.9 Å². The number of hydrogen-bond acceptors (Lipinski definition) is 7. The smallest absolute Gasteiger partial charge is 0.414 e. The molecule has 178 valence electrons. The van der Waals surface area contributed by atoms with Crippen molar-refractivity contribution in [2.75, 3.05) is 37.6 Å². The van der Waals surface area contributed by atoms with E-state index in [9.17, 15) is 14.4 Å². The number of ketones is 1. The van der Waals surface area contributed by atoms with Gasteiger partial charge in [-0.1, -0.05) is 24.3 Å². The molecule has 3 rings (SSSR count). The van der Waals surface area contributed by atoms with Crippen LogP contribution in [0.5, 0.6) is 0 Å². The number of rotatable bonds is 5. The van der Waals surface area contributed by atoms with E-state index in [1.54, 1.807) is 14.0 Å². The summed E-state index contributed by atoms with van der Waals surface area (Å²) in [4.78, 5) is 58.5. The van der Waals surface area contributed by atoms with Crippen LogP contribution in [0.15, 0.2) is 39.9 Å². The van der Waals surface area contributed by atoms with Crippen LogP contribution in [0, 0.1) is 0 Å². The van der Waals surface area contributed by atoms with Crippen molar-refractivity contribution >= 4 is 23.5 Å². The molecule has 11 nitrogen and oxygen atoms in total. The molecule has 2 heterocycles. The van der Waals surface area contributed by atoms with Gasteiger partial charge in [0.25, 0.3) is 5.56 Å². The lowest BCUT2D eigenvalue weighted by Gasteiger charge is -2.36. The molecule has 0 amide bonds. The van der Waals surface area contributed by atoms with Crippen molar-refractivity contribution in [1.29, 1.82) is 0 Å². The van der Waals surface area contributed by atoms with Gasteiger partial charge in [-0.25, -0.2) is 14.4 Å². The van der Waals surface area contributed by atoms with E-state index < -0.39 is 11.9 Å². The Bertz CT molecular complexity index is 1130. The maximum atomic E-state index is 12.1. The van der Waals surface area contributed by atoms with Gasteiger partial charge in [0.15, 0.2) is 5.78 Å². The second kappa shape index (κ2) is 11.2. The third-order valence-corrected chi connectivity index (χ3v) is 5.47. The molecule has 1 fully saturated rings. The van der Waals surface area contributed by atoms with Crippen LogP contribution in [0.3, 0.4) is 0 Å². The van der Waals surface area contributed by atoms with E-state index in [-0.39, 0.29) is 17.0 Å². The highest BCUT2D eigenvalue weighted by atomic mass is 16.4. The first kappa shape index (κ1) is 25.5. The van der Waals surface area contributed by atoms with Crippen LogP contribution in [0.25, 0.3) is 0 Å². The highest BCUT2D eigenvalue weighted by Crippen LogP contribution is 2.14. The summed E-state index contributed by atoms with van der Waals surface area (Å²) in [7, 11) is 3.19. The van der Waals surface area contributed by atoms with Crippen LogP contribution >= 0.6 is 0 Å². The molecule has 0 atom stereocenters. The number of anilines is 1. The van der Waals surface area contributed by atoms with Gasteiger partial charge in [0.2, 0.25) is 0 Å². The first-order valence-corrected chi connectivity index (χ1v) is 10.3. The standard InChI is InChI=1S/C20H26N4O3.C2H2O4/c1-15(25)17-7-5-4-6-16(17)8-9-23-10-12-24(13-11-23)18-14-19(26)22(3)20(27)21(18)2;3-1(4)2(5)6/h4-7,14H,8-13H2,1-3H3;(H,3,4)(H,5,6). The van der Waals surface area contributed by atoms with Gasteiger partial charge in [0.1, 0.15) is 5.82 Å². The Hall–Kier alpha value is -3.73. The molecule has 0 bridgehead atoms. The van der Waals surface area contributed by atoms with Crippen LogP contribution in [-0.2, 0) is 30.1 Å². The van der Waals surface area contributed by atoms with Crippen molar-refractivity contribution in [1.82, 2.24) is 14.0 Å². The summed E-state index contributed by atoms with van der Waals surface area (Å²) >= 11 is 0. The van der Waals surface area contributed by atoms with Crippen molar-refractivity contribution in [3.8, 4) is 0 Å². The number of carboxylic acids is 2. The van der Waals surface area contributed by atoms with Crippen molar-refractivity contribution in [3.63, 3.8) is 0 Å². The maximum Gasteiger partial charge on any atom is 0.414 e. The molecular weight excluding hydrogens is 432 g/mol. The largest absolute Gasteiger partial charge is 0.473 e. The SMILES string of the molecule is CC(=O)c1ccccc1CCN1CCN(c2cc(=O)n(C)c(=O)n2C)CC1.O=C(O)C(=O)O. The number of Topliss-reactive ketones (excluding diaryl/α,β-unsaturated/α-hetero) is 1. The first-order chi connectivity index (χ1) is 15.5. The molecule has 0 aliphatic carbocycles. The maximum absolute atomic E-state index is 12.1. The number of carboxylic acid groups (broad SMARTS) is 2. The van der Waals surface area contributed by atoms with Crippen molar-refractivity contribution in [2.45, 2.75) is 13.3 Å². The molecule has 0 spiro atoms. The van der Waals surface area contributed by atoms with Gasteiger partial charge < -0.3 is 15.1 Å². The summed E-state index contributed by atoms with van der Waals surface area (Å²) in [6.07, 6.45) is 0.833. The minimum Gasteiger partial charge on any atom is -0.473 e. The molecule has 0 radical (unpaired) electrons. The van der Waals surface area contributed by atoms with Crippen LogP contribution in [-0.4, -0.2) is 74.7 Å². The molecule has 1 saturated heterocycles. The van der Waals surface area contributed by atoms with E-state index in [4.69, 9.17) is 19.8 Å². The number of nitrogens with zero attached hydrogens (tertiary/aromatic N) is 4. The zero-order valence-electron chi connectivity index (χ0n) is 18.9. The van der Waals surface area contributed by atoms with Gasteiger partial charge in [-0.15, -0.1) is 0 Å². The molecular formula is C22H28N4O7. The first-order valence-electron chi connectivity index (χ1n) is 10.3. The van der Waals surface area contributed by atoms with Gasteiger partial charge in [0, 0.05) is 58.4 Å². The van der Waals surface area contributed by atoms with Crippen LogP contribution < -0.4 is 16.1 Å². The fourth-order valence-corrected chi connectivity index (χ4v) is 3.59. The second-order valence-electron chi connectivity index (χ2n) is 7.64. The average Bonchev–Trinajstić information content (AvgIpc) is 2.79. The Labute approximate surface area is 190 Å². The second-order valence-corrected chi connectivity index (χ2v) is 7.64. The number of hydrogen-bond donors (Lipinski definition) is 2. The lowest BCUT2D eigenvalue weighted by atomic mass is 10.0. The van der Waals surface area contributed by atoms with Crippen molar-refractivity contribution in [2.24, 2.45) is 14.1 Å². The Morgan fingerprint density at radius 3 is 2.03 bits per heavy atom. The van der Waals surface area contributed by atoms with Gasteiger partial charge in [-0.2, -0.15) is 0 Å². The highest BCUT2D eigenvalue weighted by Gasteiger charge is 2.20. The Kier molecular flexibility index (Phi) is 8.69. The Balaban J connectivity index is 0.000000569. The molecule has 11 heteroatoms. The summed E-state index contributed by atoms with van der Waals surface area (Å²) < 4.78 is 2.65. The van der Waals surface area contributed by atoms with Gasteiger partial charge >= 0.3 is 17.6 Å². The quantitative estimate of drug-likeness (QED) is 0.458. The number of carbonyl (C=O) groups excluding carboxylic acids is 1. The van der Waals surface area contributed by atoms with E-state index in [1.807, 2.05) is 24.3 Å². The molecule has 2 aromatic rings. The van der Waals surface area contributed by atoms with Gasteiger partial charge in [0.05, 0.1) is 0 Å². The van der Waals surface area contributed by atoms with Crippen LogP contribution in [0.2, 0.25) is 0 Å². The molecule has 2 N–H and O–H groups in total. The molecule has 0 unspecified atom stereocenters. The number of aromatic nitrogens is 2. The predicted molar refractivity (Wildman–Crippen MR) is 121 cm³/mol. The number of benzene rings is 1. The summed E-state index contributed by atoms with van der Waals surface area (Å²) in [5, 5.41) is 14.8. The third-order valence-electron chi connectivity index (χ3n) is 5.47. The number of piperazine rings is 1. The molecule has 0 saturated carbocycles. The minimum atomic E-state index is -1.82. The molecule has 1 aromatic heterocycles. The van der Waals surface area contributed by atoms with E-state index in [2.05, 4.69) is 9.80 Å². The van der Waals surface area contributed by atoms with Gasteiger partial charge in [-0.3, -0.25) is 23.6 Å². The highest BCUT2D eigenvalue weighted by molar-refractivity contribution is 6.27. The zero-order chi connectivity index (χ0) is 24.7. The third kappa shape index (κ3) is 6.62. The lowest BCUT2D eigenvalue weighted by molar-refractivity contribution is -0.159. The minimum absolute atomic E-state index is 0.0991. The van der Waals surface area contributed by atoms with Crippen molar-refractivity contribution in [3.05, 3.63) is 62.3 Å². The average molecular weight is 460 g/mol. The number of carbonyl (C=O) groups is 3. The predicted octanol–water partition coefficient (Wildman–Crippen LogP) is -0.193. The monoisotopic (exact) mass is 460 g/mol. The molecule has 33 heavy (non-hydrogen) atoms. The lowest BCUT2D eigenvalue weighted by Crippen LogP contribution is -2.49. The van der Waals surface area contributed by atoms with Crippen LogP contribution in [0.4, 0.5) is 5.82 Å². The fraction of sp³-hybridized carbons (Fsp3) is 0.409. The molecule has 1 aromatic carbocycles. The topological polar surface area (TPSA) is 142 Å². The summed E-state index contributed by atoms with van der Waals surface area (Å²) in [5.41, 5.74) is 1.30.